The molecule has 0 radical (unpaired) electrons. The van der Waals surface area contributed by atoms with Crippen molar-refractivity contribution in [1.82, 2.24) is 0 Å². The van der Waals surface area contributed by atoms with Gasteiger partial charge in [-0.15, -0.1) is 0 Å². The quantitative estimate of drug-likeness (QED) is 0.287. The Bertz CT molecular complexity index is 277. The lowest BCUT2D eigenvalue weighted by molar-refractivity contribution is -0.140. The van der Waals surface area contributed by atoms with E-state index in [4.69, 9.17) is 5.11 Å². The van der Waals surface area contributed by atoms with E-state index < -0.39 is 5.97 Å². The second kappa shape index (κ2) is 21.9. The molecule has 24 heavy (non-hydrogen) atoms. The SMILES string of the molecule is CCCCCCCCCCCCCCCC(=O)O.CCOC(C)=O. The van der Waals surface area contributed by atoms with Gasteiger partial charge in [0, 0.05) is 13.3 Å². The molecule has 4 heteroatoms. The largest absolute Gasteiger partial charge is 0.481 e. The molecule has 0 saturated carbocycles. The summed E-state index contributed by atoms with van der Waals surface area (Å²) in [5.41, 5.74) is 0. The van der Waals surface area contributed by atoms with E-state index in [2.05, 4.69) is 11.7 Å². The summed E-state index contributed by atoms with van der Waals surface area (Å²) < 4.78 is 4.40. The van der Waals surface area contributed by atoms with Gasteiger partial charge >= 0.3 is 11.9 Å². The predicted molar refractivity (Wildman–Crippen MR) is 100 cm³/mol. The van der Waals surface area contributed by atoms with E-state index in [1.165, 1.54) is 77.6 Å². The maximum atomic E-state index is 10.3. The highest BCUT2D eigenvalue weighted by Gasteiger charge is 1.96. The van der Waals surface area contributed by atoms with Gasteiger partial charge in [0.25, 0.3) is 0 Å². The van der Waals surface area contributed by atoms with Gasteiger partial charge in [0.15, 0.2) is 0 Å². The Kier molecular flexibility index (Phi) is 23.0. The maximum absolute atomic E-state index is 10.3. The van der Waals surface area contributed by atoms with Crippen LogP contribution >= 0.6 is 0 Å². The van der Waals surface area contributed by atoms with E-state index in [1.807, 2.05) is 0 Å². The smallest absolute Gasteiger partial charge is 0.303 e. The number of rotatable bonds is 15. The van der Waals surface area contributed by atoms with Gasteiger partial charge in [-0.1, -0.05) is 84.0 Å². The standard InChI is InChI=1S/C16H32O2.C4H8O2/c1-2-3-4-5-6-7-8-9-10-11-12-13-14-15-16(17)18;1-3-6-4(2)5/h2-15H2,1H3,(H,17,18);3H2,1-2H3. The number of carboxylic acids is 1. The minimum Gasteiger partial charge on any atom is -0.481 e. The summed E-state index contributed by atoms with van der Waals surface area (Å²) in [7, 11) is 0. The van der Waals surface area contributed by atoms with Gasteiger partial charge in [0.05, 0.1) is 6.61 Å². The van der Waals surface area contributed by atoms with Crippen molar-refractivity contribution in [3.63, 3.8) is 0 Å². The number of carbonyl (C=O) groups excluding carboxylic acids is 1. The fourth-order valence-corrected chi connectivity index (χ4v) is 2.50. The van der Waals surface area contributed by atoms with Crippen molar-refractivity contribution in [2.75, 3.05) is 6.61 Å². The van der Waals surface area contributed by atoms with E-state index >= 15 is 0 Å². The molecule has 0 aromatic carbocycles. The molecule has 0 aromatic rings. The Balaban J connectivity index is 0. The van der Waals surface area contributed by atoms with Crippen molar-refractivity contribution >= 4 is 11.9 Å². The molecule has 1 N–H and O–H groups in total. The zero-order valence-electron chi connectivity index (χ0n) is 16.3. The number of aliphatic carboxylic acids is 1. The molecule has 0 spiro atoms. The molecule has 0 bridgehead atoms. The summed E-state index contributed by atoms with van der Waals surface area (Å²) in [6.45, 7) is 5.91. The zero-order chi connectivity index (χ0) is 18.5. The minimum absolute atomic E-state index is 0.211. The fraction of sp³-hybridized carbons (Fsp3) is 0.900. The van der Waals surface area contributed by atoms with Crippen LogP contribution in [0.4, 0.5) is 0 Å². The molecule has 144 valence electrons. The van der Waals surface area contributed by atoms with Crippen molar-refractivity contribution in [1.29, 1.82) is 0 Å². The number of hydrogen-bond donors (Lipinski definition) is 1. The summed E-state index contributed by atoms with van der Waals surface area (Å²) >= 11 is 0. The lowest BCUT2D eigenvalue weighted by atomic mass is 10.0. The molecule has 0 heterocycles. The monoisotopic (exact) mass is 344 g/mol. The Morgan fingerprint density at radius 1 is 0.708 bits per heavy atom. The van der Waals surface area contributed by atoms with Gasteiger partial charge in [-0.3, -0.25) is 9.59 Å². The van der Waals surface area contributed by atoms with Crippen LogP contribution in [0.15, 0.2) is 0 Å². The van der Waals surface area contributed by atoms with Gasteiger partial charge < -0.3 is 9.84 Å². The van der Waals surface area contributed by atoms with Crippen LogP contribution in [0.2, 0.25) is 0 Å². The summed E-state index contributed by atoms with van der Waals surface area (Å²) in [5, 5.41) is 8.49. The Labute approximate surface area is 149 Å². The lowest BCUT2D eigenvalue weighted by Gasteiger charge is -2.02. The predicted octanol–water partition coefficient (Wildman–Crippen LogP) is 6.12. The first-order chi connectivity index (χ1) is 11.5. The highest BCUT2D eigenvalue weighted by molar-refractivity contribution is 5.66. The number of carboxylic acid groups (broad SMARTS) is 1. The molecule has 0 rings (SSSR count). The third-order valence-electron chi connectivity index (χ3n) is 3.84. The number of carbonyl (C=O) groups is 2. The first-order valence-electron chi connectivity index (χ1n) is 9.89. The third-order valence-corrected chi connectivity index (χ3v) is 3.84. The molecule has 0 atom stereocenters. The van der Waals surface area contributed by atoms with E-state index in [9.17, 15) is 9.59 Å². The molecule has 0 amide bonds. The van der Waals surface area contributed by atoms with Gasteiger partial charge in [-0.05, 0) is 13.3 Å². The second-order valence-electron chi connectivity index (χ2n) is 6.31. The molecule has 0 saturated heterocycles. The number of unbranched alkanes of at least 4 members (excludes halogenated alkanes) is 12. The Morgan fingerprint density at radius 3 is 1.33 bits per heavy atom. The van der Waals surface area contributed by atoms with Crippen LogP contribution in [0.5, 0.6) is 0 Å². The summed E-state index contributed by atoms with van der Waals surface area (Å²) in [4.78, 5) is 20.1. The molecule has 0 aromatic heterocycles. The highest BCUT2D eigenvalue weighted by atomic mass is 16.5. The molecule has 0 aliphatic heterocycles. The van der Waals surface area contributed by atoms with Gasteiger partial charge in [0.1, 0.15) is 0 Å². The van der Waals surface area contributed by atoms with E-state index in [0.717, 1.165) is 12.8 Å². The van der Waals surface area contributed by atoms with Gasteiger partial charge in [-0.25, -0.2) is 0 Å². The van der Waals surface area contributed by atoms with Crippen LogP contribution in [0.1, 0.15) is 111 Å². The number of hydrogen-bond acceptors (Lipinski definition) is 3. The molecule has 0 fully saturated rings. The highest BCUT2D eigenvalue weighted by Crippen LogP contribution is 2.12. The molecule has 0 aliphatic carbocycles. The van der Waals surface area contributed by atoms with E-state index in [1.54, 1.807) is 6.92 Å². The normalized spacial score (nSPS) is 9.96. The molecule has 0 aliphatic rings. The van der Waals surface area contributed by atoms with Crippen molar-refractivity contribution in [3.8, 4) is 0 Å². The average Bonchev–Trinajstić information content (AvgIpc) is 2.52. The van der Waals surface area contributed by atoms with Crippen LogP contribution in [-0.2, 0) is 14.3 Å². The van der Waals surface area contributed by atoms with Crippen LogP contribution in [0, 0.1) is 0 Å². The van der Waals surface area contributed by atoms with E-state index in [0.29, 0.717) is 13.0 Å². The van der Waals surface area contributed by atoms with Crippen molar-refractivity contribution < 1.29 is 19.4 Å². The topological polar surface area (TPSA) is 63.6 Å². The molecular weight excluding hydrogens is 304 g/mol. The van der Waals surface area contributed by atoms with Crippen molar-refractivity contribution in [2.45, 2.75) is 111 Å². The van der Waals surface area contributed by atoms with E-state index in [-0.39, 0.29) is 5.97 Å². The van der Waals surface area contributed by atoms with Crippen molar-refractivity contribution in [3.05, 3.63) is 0 Å². The van der Waals surface area contributed by atoms with Crippen LogP contribution < -0.4 is 0 Å². The molecular formula is C20H40O4. The first kappa shape index (κ1) is 25.2. The van der Waals surface area contributed by atoms with Crippen molar-refractivity contribution in [2.24, 2.45) is 0 Å². The summed E-state index contributed by atoms with van der Waals surface area (Å²) in [6, 6.07) is 0. The second-order valence-corrected chi connectivity index (χ2v) is 6.31. The number of ether oxygens (including phenoxy) is 1. The summed E-state index contributed by atoms with van der Waals surface area (Å²) in [5.74, 6) is -0.865. The van der Waals surface area contributed by atoms with Gasteiger partial charge in [-0.2, -0.15) is 0 Å². The Hall–Kier alpha value is -1.06. The Morgan fingerprint density at radius 2 is 1.08 bits per heavy atom. The lowest BCUT2D eigenvalue weighted by Crippen LogP contribution is -1.95. The number of esters is 1. The minimum atomic E-state index is -0.655. The third kappa shape index (κ3) is 29.0. The van der Waals surface area contributed by atoms with Gasteiger partial charge in [0.2, 0.25) is 0 Å². The summed E-state index contributed by atoms with van der Waals surface area (Å²) in [6.07, 6.45) is 17.3. The first-order valence-corrected chi connectivity index (χ1v) is 9.89. The van der Waals surface area contributed by atoms with Crippen LogP contribution in [0.25, 0.3) is 0 Å². The van der Waals surface area contributed by atoms with Crippen LogP contribution in [-0.4, -0.2) is 23.7 Å². The fourth-order valence-electron chi connectivity index (χ4n) is 2.50. The average molecular weight is 345 g/mol. The zero-order valence-corrected chi connectivity index (χ0v) is 16.3. The van der Waals surface area contributed by atoms with Crippen LogP contribution in [0.3, 0.4) is 0 Å². The molecule has 0 unspecified atom stereocenters. The maximum Gasteiger partial charge on any atom is 0.303 e. The molecule has 4 nitrogen and oxygen atoms in total.